The van der Waals surface area contributed by atoms with Crippen molar-refractivity contribution >= 4 is 11.6 Å². The molecule has 1 saturated heterocycles. The summed E-state index contributed by atoms with van der Waals surface area (Å²) in [6.07, 6.45) is 4.38. The van der Waals surface area contributed by atoms with Crippen molar-refractivity contribution in [1.82, 2.24) is 30.5 Å². The van der Waals surface area contributed by atoms with Gasteiger partial charge in [-0.15, -0.1) is 0 Å². The zero-order valence-electron chi connectivity index (χ0n) is 15.5. The van der Waals surface area contributed by atoms with E-state index in [-0.39, 0.29) is 12.3 Å². The first-order valence-electron chi connectivity index (χ1n) is 8.74. The molecule has 0 spiro atoms. The summed E-state index contributed by atoms with van der Waals surface area (Å²) in [5.41, 5.74) is 0.525. The van der Waals surface area contributed by atoms with Crippen LogP contribution < -0.4 is 20.1 Å². The molecule has 1 aliphatic heterocycles. The van der Waals surface area contributed by atoms with E-state index in [2.05, 4.69) is 35.8 Å². The molecule has 0 radical (unpaired) electrons. The standard InChI is InChI=1S/C18H18N8O3/c1-28-17-16(13(2-3-21-17)29-10-18(27)8-20-9-18)12-4-14(26-25-12)24-15-7-22-11(5-19)6-23-15/h2-4,6-7,20,27H,8-10H2,1H3,(H2,23,24,25,26). The minimum Gasteiger partial charge on any atom is -0.490 e. The van der Waals surface area contributed by atoms with Crippen LogP contribution in [0.1, 0.15) is 5.69 Å². The van der Waals surface area contributed by atoms with Gasteiger partial charge in [-0.25, -0.2) is 15.0 Å². The number of hydrogen-bond donors (Lipinski definition) is 4. The van der Waals surface area contributed by atoms with Crippen molar-refractivity contribution < 1.29 is 14.6 Å². The third kappa shape index (κ3) is 3.93. The highest BCUT2D eigenvalue weighted by Crippen LogP contribution is 2.37. The number of pyridine rings is 1. The summed E-state index contributed by atoms with van der Waals surface area (Å²) in [4.78, 5) is 12.3. The molecule has 11 nitrogen and oxygen atoms in total. The van der Waals surface area contributed by atoms with E-state index in [4.69, 9.17) is 14.7 Å². The lowest BCUT2D eigenvalue weighted by Gasteiger charge is -2.37. The predicted octanol–water partition coefficient (Wildman–Crippen LogP) is 0.599. The fourth-order valence-electron chi connectivity index (χ4n) is 2.77. The van der Waals surface area contributed by atoms with Crippen LogP contribution in [0.25, 0.3) is 11.3 Å². The number of aromatic amines is 1. The molecule has 11 heteroatoms. The van der Waals surface area contributed by atoms with E-state index < -0.39 is 5.60 Å². The van der Waals surface area contributed by atoms with Gasteiger partial charge >= 0.3 is 0 Å². The average Bonchev–Trinajstić information content (AvgIpc) is 3.19. The van der Waals surface area contributed by atoms with Crippen molar-refractivity contribution in [3.63, 3.8) is 0 Å². The molecule has 3 aromatic heterocycles. The SMILES string of the molecule is COc1nccc(OCC2(O)CNC2)c1-c1cc(Nc2cnc(C#N)cn2)n[nH]1. The number of β-amino-alcohol motifs (C(OH)–C–C–N with tert-alkyl or cyclic N) is 1. The number of nitrogens with one attached hydrogen (secondary N) is 3. The summed E-state index contributed by atoms with van der Waals surface area (Å²) in [6.45, 7) is 1.10. The fraction of sp³-hybridized carbons (Fsp3) is 0.278. The van der Waals surface area contributed by atoms with E-state index in [1.165, 1.54) is 19.5 Å². The van der Waals surface area contributed by atoms with E-state index in [0.717, 1.165) is 0 Å². The smallest absolute Gasteiger partial charge is 0.226 e. The second-order valence-electron chi connectivity index (χ2n) is 6.50. The van der Waals surface area contributed by atoms with Gasteiger partial charge in [0.25, 0.3) is 0 Å². The van der Waals surface area contributed by atoms with Gasteiger partial charge in [-0.3, -0.25) is 5.10 Å². The van der Waals surface area contributed by atoms with Crippen LogP contribution >= 0.6 is 0 Å². The Hall–Kier alpha value is -3.75. The van der Waals surface area contributed by atoms with Gasteiger partial charge in [-0.05, 0) is 6.07 Å². The zero-order chi connectivity index (χ0) is 20.3. The van der Waals surface area contributed by atoms with Gasteiger partial charge < -0.3 is 25.2 Å². The van der Waals surface area contributed by atoms with Crippen LogP contribution in [0.5, 0.6) is 11.6 Å². The first-order chi connectivity index (χ1) is 14.1. The minimum atomic E-state index is -0.886. The van der Waals surface area contributed by atoms with E-state index in [0.29, 0.717) is 47.6 Å². The van der Waals surface area contributed by atoms with Crippen molar-refractivity contribution in [1.29, 1.82) is 5.26 Å². The highest BCUT2D eigenvalue weighted by atomic mass is 16.5. The van der Waals surface area contributed by atoms with Gasteiger partial charge in [0.05, 0.1) is 25.2 Å². The van der Waals surface area contributed by atoms with Crippen molar-refractivity contribution in [3.05, 3.63) is 36.4 Å². The molecule has 4 rings (SSSR count). The van der Waals surface area contributed by atoms with Crippen molar-refractivity contribution in [3.8, 4) is 29.0 Å². The molecule has 0 amide bonds. The summed E-state index contributed by atoms with van der Waals surface area (Å²) in [5, 5.41) is 32.2. The van der Waals surface area contributed by atoms with E-state index in [1.807, 2.05) is 6.07 Å². The molecule has 0 bridgehead atoms. The van der Waals surface area contributed by atoms with Crippen LogP contribution in [-0.4, -0.2) is 62.7 Å². The molecule has 4 N–H and O–H groups in total. The molecular weight excluding hydrogens is 376 g/mol. The third-order valence-corrected chi connectivity index (χ3v) is 4.35. The Morgan fingerprint density at radius 1 is 1.28 bits per heavy atom. The number of nitrogens with zero attached hydrogens (tertiary/aromatic N) is 5. The number of methoxy groups -OCH3 is 1. The lowest BCUT2D eigenvalue weighted by molar-refractivity contribution is -0.0455. The van der Waals surface area contributed by atoms with Gasteiger partial charge in [0.1, 0.15) is 35.4 Å². The number of H-pyrrole nitrogens is 1. The van der Waals surface area contributed by atoms with Crippen molar-refractivity contribution in [2.24, 2.45) is 0 Å². The lowest BCUT2D eigenvalue weighted by Crippen LogP contribution is -2.62. The molecule has 1 fully saturated rings. The van der Waals surface area contributed by atoms with Gasteiger partial charge in [0, 0.05) is 25.4 Å². The Labute approximate surface area is 165 Å². The molecular formula is C18H18N8O3. The summed E-state index contributed by atoms with van der Waals surface area (Å²) in [5.74, 6) is 1.79. The monoisotopic (exact) mass is 394 g/mol. The number of aromatic nitrogens is 5. The second-order valence-corrected chi connectivity index (χ2v) is 6.50. The van der Waals surface area contributed by atoms with E-state index in [9.17, 15) is 5.11 Å². The Morgan fingerprint density at radius 2 is 2.14 bits per heavy atom. The minimum absolute atomic E-state index is 0.139. The van der Waals surface area contributed by atoms with Crippen LogP contribution in [0.15, 0.2) is 30.7 Å². The number of ether oxygens (including phenoxy) is 2. The van der Waals surface area contributed by atoms with Gasteiger partial charge in [0.2, 0.25) is 5.88 Å². The first-order valence-corrected chi connectivity index (χ1v) is 8.74. The maximum Gasteiger partial charge on any atom is 0.226 e. The van der Waals surface area contributed by atoms with Crippen LogP contribution in [0.2, 0.25) is 0 Å². The molecule has 29 heavy (non-hydrogen) atoms. The maximum atomic E-state index is 10.3. The summed E-state index contributed by atoms with van der Waals surface area (Å²) in [6, 6.07) is 5.36. The number of nitriles is 1. The Bertz CT molecular complexity index is 1040. The van der Waals surface area contributed by atoms with Gasteiger partial charge in [0.15, 0.2) is 11.5 Å². The van der Waals surface area contributed by atoms with Crippen LogP contribution in [0, 0.1) is 11.3 Å². The Kier molecular flexibility index (Phi) is 4.94. The molecule has 0 aromatic carbocycles. The van der Waals surface area contributed by atoms with E-state index >= 15 is 0 Å². The average molecular weight is 394 g/mol. The quantitative estimate of drug-likeness (QED) is 0.448. The normalized spacial score (nSPS) is 14.5. The molecule has 0 unspecified atom stereocenters. The molecule has 3 aromatic rings. The van der Waals surface area contributed by atoms with Crippen LogP contribution in [0.3, 0.4) is 0 Å². The molecule has 148 valence electrons. The highest BCUT2D eigenvalue weighted by Gasteiger charge is 2.35. The highest BCUT2D eigenvalue weighted by molar-refractivity contribution is 5.74. The largest absolute Gasteiger partial charge is 0.490 e. The topological polar surface area (TPSA) is 154 Å². The number of rotatable bonds is 7. The third-order valence-electron chi connectivity index (χ3n) is 4.35. The molecule has 0 saturated carbocycles. The number of anilines is 2. The maximum absolute atomic E-state index is 10.3. The van der Waals surface area contributed by atoms with Crippen molar-refractivity contribution in [2.75, 3.05) is 32.1 Å². The number of hydrogen-bond acceptors (Lipinski definition) is 10. The van der Waals surface area contributed by atoms with Gasteiger partial charge in [-0.2, -0.15) is 10.4 Å². The molecule has 0 aliphatic carbocycles. The second kappa shape index (κ2) is 7.70. The summed E-state index contributed by atoms with van der Waals surface area (Å²) < 4.78 is 11.2. The Balaban J connectivity index is 1.57. The number of aliphatic hydroxyl groups is 1. The summed E-state index contributed by atoms with van der Waals surface area (Å²) in [7, 11) is 1.51. The molecule has 0 atom stereocenters. The van der Waals surface area contributed by atoms with Crippen LogP contribution in [-0.2, 0) is 0 Å². The predicted molar refractivity (Wildman–Crippen MR) is 102 cm³/mol. The molecule has 4 heterocycles. The lowest BCUT2D eigenvalue weighted by atomic mass is 9.99. The fourth-order valence-corrected chi connectivity index (χ4v) is 2.77. The summed E-state index contributed by atoms with van der Waals surface area (Å²) >= 11 is 0. The van der Waals surface area contributed by atoms with Gasteiger partial charge in [-0.1, -0.05) is 0 Å². The zero-order valence-corrected chi connectivity index (χ0v) is 15.5. The molecule has 1 aliphatic rings. The van der Waals surface area contributed by atoms with E-state index in [1.54, 1.807) is 18.3 Å². The van der Waals surface area contributed by atoms with Crippen molar-refractivity contribution in [2.45, 2.75) is 5.60 Å². The first kappa shape index (κ1) is 18.6. The van der Waals surface area contributed by atoms with Crippen LogP contribution in [0.4, 0.5) is 11.6 Å². The Morgan fingerprint density at radius 3 is 2.79 bits per heavy atom.